The second kappa shape index (κ2) is 7.00. The van der Waals surface area contributed by atoms with E-state index in [4.69, 9.17) is 0 Å². The molecule has 0 spiro atoms. The topological polar surface area (TPSA) is 90.0 Å². The van der Waals surface area contributed by atoms with E-state index < -0.39 is 17.8 Å². The maximum absolute atomic E-state index is 13.2. The van der Waals surface area contributed by atoms with Crippen molar-refractivity contribution in [2.75, 3.05) is 5.32 Å². The first-order chi connectivity index (χ1) is 13.8. The Balaban J connectivity index is 1.55. The average Bonchev–Trinajstić information content (AvgIpc) is 3.27. The van der Waals surface area contributed by atoms with Crippen molar-refractivity contribution in [3.63, 3.8) is 0 Å². The molecule has 8 nitrogen and oxygen atoms in total. The lowest BCUT2D eigenvalue weighted by Gasteiger charge is -2.08. The van der Waals surface area contributed by atoms with Gasteiger partial charge in [-0.2, -0.15) is 18.3 Å². The highest BCUT2D eigenvalue weighted by atomic mass is 19.4. The molecular formula is C18H14F3N7O. The Hall–Kier alpha value is -3.76. The number of halogens is 3. The van der Waals surface area contributed by atoms with Gasteiger partial charge in [0, 0.05) is 11.8 Å². The smallest absolute Gasteiger partial charge is 0.288 e. The van der Waals surface area contributed by atoms with Crippen molar-refractivity contribution < 1.29 is 18.0 Å². The van der Waals surface area contributed by atoms with E-state index in [1.54, 1.807) is 0 Å². The highest BCUT2D eigenvalue weighted by Gasteiger charge is 2.35. The lowest BCUT2D eigenvalue weighted by atomic mass is 10.2. The summed E-state index contributed by atoms with van der Waals surface area (Å²) in [5.41, 5.74) is -0.155. The van der Waals surface area contributed by atoms with Crippen molar-refractivity contribution in [3.05, 3.63) is 71.4 Å². The van der Waals surface area contributed by atoms with Crippen molar-refractivity contribution >= 4 is 17.5 Å². The van der Waals surface area contributed by atoms with Gasteiger partial charge in [0.1, 0.15) is 12.0 Å². The first-order valence-corrected chi connectivity index (χ1v) is 8.49. The van der Waals surface area contributed by atoms with Crippen LogP contribution >= 0.6 is 0 Å². The Bertz CT molecular complexity index is 1180. The SMILES string of the molecule is Cc1cc(C(F)(F)F)n2nc(C(=O)Nc3ncn(Cc4ccccc4)n3)cc2n1. The van der Waals surface area contributed by atoms with Crippen LogP contribution in [0.3, 0.4) is 0 Å². The van der Waals surface area contributed by atoms with E-state index in [1.807, 2.05) is 30.3 Å². The molecule has 3 aromatic heterocycles. The second-order valence-electron chi connectivity index (χ2n) is 6.29. The average molecular weight is 401 g/mol. The number of rotatable bonds is 4. The largest absolute Gasteiger partial charge is 0.433 e. The van der Waals surface area contributed by atoms with Crippen LogP contribution in [0.2, 0.25) is 0 Å². The lowest BCUT2D eigenvalue weighted by Crippen LogP contribution is -2.16. The number of aryl methyl sites for hydroxylation is 1. The highest BCUT2D eigenvalue weighted by molar-refractivity contribution is 6.02. The van der Waals surface area contributed by atoms with Gasteiger partial charge in [0.05, 0.1) is 6.54 Å². The van der Waals surface area contributed by atoms with Crippen LogP contribution in [0.15, 0.2) is 48.8 Å². The molecule has 0 fully saturated rings. The minimum Gasteiger partial charge on any atom is -0.288 e. The van der Waals surface area contributed by atoms with Gasteiger partial charge < -0.3 is 0 Å². The van der Waals surface area contributed by atoms with E-state index in [2.05, 4.69) is 25.5 Å². The number of nitrogens with zero attached hydrogens (tertiary/aromatic N) is 6. The number of anilines is 1. The zero-order valence-corrected chi connectivity index (χ0v) is 15.1. The van der Waals surface area contributed by atoms with Crippen LogP contribution in [0.5, 0.6) is 0 Å². The van der Waals surface area contributed by atoms with Crippen molar-refractivity contribution in [2.45, 2.75) is 19.6 Å². The molecule has 0 saturated carbocycles. The van der Waals surface area contributed by atoms with E-state index >= 15 is 0 Å². The lowest BCUT2D eigenvalue weighted by molar-refractivity contribution is -0.142. The molecular weight excluding hydrogens is 387 g/mol. The van der Waals surface area contributed by atoms with Crippen LogP contribution in [0, 0.1) is 6.92 Å². The number of aromatic nitrogens is 6. The fourth-order valence-corrected chi connectivity index (χ4v) is 2.78. The molecule has 4 rings (SSSR count). The molecule has 0 aliphatic carbocycles. The minimum absolute atomic E-state index is 0.0168. The zero-order valence-electron chi connectivity index (χ0n) is 15.1. The van der Waals surface area contributed by atoms with E-state index in [0.29, 0.717) is 11.1 Å². The van der Waals surface area contributed by atoms with E-state index in [9.17, 15) is 18.0 Å². The summed E-state index contributed by atoms with van der Waals surface area (Å²) in [6.45, 7) is 1.89. The van der Waals surface area contributed by atoms with Gasteiger partial charge in [-0.05, 0) is 18.6 Å². The first-order valence-electron chi connectivity index (χ1n) is 8.49. The zero-order chi connectivity index (χ0) is 20.6. The second-order valence-corrected chi connectivity index (χ2v) is 6.29. The first kappa shape index (κ1) is 18.6. The normalized spacial score (nSPS) is 11.7. The third-order valence-corrected chi connectivity index (χ3v) is 4.03. The summed E-state index contributed by atoms with van der Waals surface area (Å²) in [5.74, 6) is -0.720. The van der Waals surface area contributed by atoms with Crippen molar-refractivity contribution in [3.8, 4) is 0 Å². The summed E-state index contributed by atoms with van der Waals surface area (Å²) in [6.07, 6.45) is -3.19. The molecule has 3 heterocycles. The molecule has 148 valence electrons. The Morgan fingerprint density at radius 2 is 1.90 bits per heavy atom. The van der Waals surface area contributed by atoms with Gasteiger partial charge in [-0.25, -0.2) is 19.2 Å². The summed E-state index contributed by atoms with van der Waals surface area (Å²) >= 11 is 0. The molecule has 0 aliphatic rings. The number of carbonyl (C=O) groups is 1. The Morgan fingerprint density at radius 3 is 2.62 bits per heavy atom. The molecule has 4 aromatic rings. The molecule has 0 radical (unpaired) electrons. The minimum atomic E-state index is -4.64. The molecule has 0 atom stereocenters. The number of alkyl halides is 3. The molecule has 0 bridgehead atoms. The third kappa shape index (κ3) is 3.93. The highest BCUT2D eigenvalue weighted by Crippen LogP contribution is 2.29. The molecule has 0 saturated heterocycles. The maximum atomic E-state index is 13.2. The van der Waals surface area contributed by atoms with Gasteiger partial charge in [0.25, 0.3) is 5.91 Å². The molecule has 29 heavy (non-hydrogen) atoms. The van der Waals surface area contributed by atoms with Crippen LogP contribution in [-0.2, 0) is 12.7 Å². The van der Waals surface area contributed by atoms with Crippen molar-refractivity contribution in [1.29, 1.82) is 0 Å². The van der Waals surface area contributed by atoms with Crippen LogP contribution in [0.1, 0.15) is 27.4 Å². The Morgan fingerprint density at radius 1 is 1.14 bits per heavy atom. The molecule has 11 heteroatoms. The van der Waals surface area contributed by atoms with Gasteiger partial charge in [-0.15, -0.1) is 5.10 Å². The summed E-state index contributed by atoms with van der Waals surface area (Å²) in [4.78, 5) is 20.4. The molecule has 1 aromatic carbocycles. The number of carbonyl (C=O) groups excluding carboxylic acids is 1. The predicted molar refractivity (Wildman–Crippen MR) is 96.2 cm³/mol. The molecule has 1 N–H and O–H groups in total. The van der Waals surface area contributed by atoms with Crippen LogP contribution in [0.25, 0.3) is 5.65 Å². The maximum Gasteiger partial charge on any atom is 0.433 e. The van der Waals surface area contributed by atoms with Crippen LogP contribution in [0.4, 0.5) is 19.1 Å². The Kier molecular flexibility index (Phi) is 4.49. The van der Waals surface area contributed by atoms with Gasteiger partial charge in [-0.3, -0.25) is 10.1 Å². The monoisotopic (exact) mass is 401 g/mol. The number of hydrogen-bond donors (Lipinski definition) is 1. The molecule has 1 amide bonds. The number of benzene rings is 1. The molecule has 0 aliphatic heterocycles. The van der Waals surface area contributed by atoms with Crippen molar-refractivity contribution in [1.82, 2.24) is 29.4 Å². The summed E-state index contributed by atoms with van der Waals surface area (Å²) in [7, 11) is 0. The number of nitrogens with one attached hydrogen (secondary N) is 1. The quantitative estimate of drug-likeness (QED) is 0.568. The summed E-state index contributed by atoms with van der Waals surface area (Å²) in [5, 5.41) is 10.3. The summed E-state index contributed by atoms with van der Waals surface area (Å²) in [6, 6.07) is 11.6. The van der Waals surface area contributed by atoms with Gasteiger partial charge in [-0.1, -0.05) is 30.3 Å². The number of fused-ring (bicyclic) bond motifs is 1. The van der Waals surface area contributed by atoms with E-state index in [0.717, 1.165) is 11.6 Å². The van der Waals surface area contributed by atoms with Gasteiger partial charge in [0.2, 0.25) is 5.95 Å². The number of hydrogen-bond acceptors (Lipinski definition) is 5. The Labute approximate surface area is 162 Å². The summed E-state index contributed by atoms with van der Waals surface area (Å²) < 4.78 is 41.8. The fraction of sp³-hybridized carbons (Fsp3) is 0.167. The van der Waals surface area contributed by atoms with Crippen LogP contribution in [-0.4, -0.2) is 35.3 Å². The van der Waals surface area contributed by atoms with Crippen LogP contribution < -0.4 is 5.32 Å². The number of amides is 1. The molecule has 0 unspecified atom stereocenters. The van der Waals surface area contributed by atoms with Gasteiger partial charge >= 0.3 is 6.18 Å². The third-order valence-electron chi connectivity index (χ3n) is 4.03. The van der Waals surface area contributed by atoms with Gasteiger partial charge in [0.15, 0.2) is 11.3 Å². The van der Waals surface area contributed by atoms with E-state index in [-0.39, 0.29) is 23.0 Å². The van der Waals surface area contributed by atoms with E-state index in [1.165, 1.54) is 24.0 Å². The standard InChI is InChI=1S/C18H14F3N7O/c1-11-7-14(18(19,20)21)28-15(23-11)8-13(25-28)16(29)24-17-22-10-27(26-17)9-12-5-3-2-4-6-12/h2-8,10H,9H2,1H3,(H,24,26,29). The predicted octanol–water partition coefficient (Wildman–Crippen LogP) is 2.95. The van der Waals surface area contributed by atoms with Crippen molar-refractivity contribution in [2.24, 2.45) is 0 Å². The fourth-order valence-electron chi connectivity index (χ4n) is 2.78.